The molecule has 0 aromatic heterocycles. The summed E-state index contributed by atoms with van der Waals surface area (Å²) in [5.74, 6) is 0. The minimum atomic E-state index is -0.479. The summed E-state index contributed by atoms with van der Waals surface area (Å²) in [7, 11) is 0. The molecule has 19 heavy (non-hydrogen) atoms. The van der Waals surface area contributed by atoms with Crippen LogP contribution < -0.4 is 5.32 Å². The number of nitrogens with zero attached hydrogens (tertiary/aromatic N) is 1. The Morgan fingerprint density at radius 3 is 2.47 bits per heavy atom. The quantitative estimate of drug-likeness (QED) is 0.730. The molecule has 2 fully saturated rings. The average molecular weight is 270 g/mol. The summed E-state index contributed by atoms with van der Waals surface area (Å²) in [5, 5.41) is 2.65. The minimum absolute atomic E-state index is 0.289. The van der Waals surface area contributed by atoms with Crippen LogP contribution in [0.4, 0.5) is 9.59 Å². The molecule has 2 aliphatic heterocycles. The summed E-state index contributed by atoms with van der Waals surface area (Å²) < 4.78 is 10.8. The van der Waals surface area contributed by atoms with Crippen molar-refractivity contribution in [2.24, 2.45) is 0 Å². The molecule has 6 nitrogen and oxygen atoms in total. The normalized spacial score (nSPS) is 22.7. The van der Waals surface area contributed by atoms with Gasteiger partial charge in [-0.05, 0) is 20.8 Å². The third-order valence-electron chi connectivity index (χ3n) is 3.49. The lowest BCUT2D eigenvalue weighted by Gasteiger charge is -2.43. The molecule has 2 rings (SSSR count). The topological polar surface area (TPSA) is 67.9 Å². The van der Waals surface area contributed by atoms with Crippen LogP contribution in [-0.2, 0) is 9.47 Å². The number of alkyl carbamates (subject to hydrolysis) is 1. The zero-order valence-corrected chi connectivity index (χ0v) is 11.8. The standard InChI is InChI=1S/C13H22N2O4/c1-12(2,3)19-11(17)15-8-5-13(6-9-15)4-7-14-10(16)18-13/h4-9H2,1-3H3,(H,14,16). The number of ether oxygens (including phenoxy) is 2. The number of rotatable bonds is 0. The van der Waals surface area contributed by atoms with E-state index >= 15 is 0 Å². The van der Waals surface area contributed by atoms with Crippen molar-refractivity contribution in [3.8, 4) is 0 Å². The molecule has 0 aromatic rings. The average Bonchev–Trinajstić information content (AvgIpc) is 2.27. The van der Waals surface area contributed by atoms with Gasteiger partial charge in [0.25, 0.3) is 0 Å². The van der Waals surface area contributed by atoms with Gasteiger partial charge in [-0.1, -0.05) is 0 Å². The van der Waals surface area contributed by atoms with E-state index in [9.17, 15) is 9.59 Å². The number of likely N-dealkylation sites (tertiary alicyclic amines) is 1. The van der Waals surface area contributed by atoms with Gasteiger partial charge in [0.05, 0.1) is 0 Å². The largest absolute Gasteiger partial charge is 0.444 e. The van der Waals surface area contributed by atoms with Crippen LogP contribution in [0.3, 0.4) is 0 Å². The van der Waals surface area contributed by atoms with Gasteiger partial charge in [0.2, 0.25) is 0 Å². The highest BCUT2D eigenvalue weighted by Crippen LogP contribution is 2.32. The Bertz CT molecular complexity index is 367. The first-order valence-electron chi connectivity index (χ1n) is 6.75. The van der Waals surface area contributed by atoms with Crippen molar-refractivity contribution in [1.29, 1.82) is 0 Å². The Balaban J connectivity index is 1.88. The molecule has 2 heterocycles. The molecule has 0 saturated carbocycles. The predicted octanol–water partition coefficient (Wildman–Crippen LogP) is 1.89. The number of hydrogen-bond donors (Lipinski definition) is 1. The van der Waals surface area contributed by atoms with Gasteiger partial charge in [-0.2, -0.15) is 0 Å². The van der Waals surface area contributed by atoms with E-state index in [-0.39, 0.29) is 17.8 Å². The van der Waals surface area contributed by atoms with Crippen molar-refractivity contribution in [2.75, 3.05) is 19.6 Å². The van der Waals surface area contributed by atoms with E-state index in [4.69, 9.17) is 9.47 Å². The molecule has 0 aliphatic carbocycles. The van der Waals surface area contributed by atoms with Crippen molar-refractivity contribution < 1.29 is 19.1 Å². The fraction of sp³-hybridized carbons (Fsp3) is 0.846. The van der Waals surface area contributed by atoms with Crippen LogP contribution in [0.1, 0.15) is 40.0 Å². The zero-order chi connectivity index (χ0) is 14.1. The lowest BCUT2D eigenvalue weighted by Crippen LogP contribution is -2.54. The smallest absolute Gasteiger partial charge is 0.410 e. The van der Waals surface area contributed by atoms with E-state index in [1.54, 1.807) is 4.90 Å². The number of nitrogens with one attached hydrogen (secondary N) is 1. The Kier molecular flexibility index (Phi) is 3.60. The molecule has 108 valence electrons. The van der Waals surface area contributed by atoms with E-state index in [1.807, 2.05) is 20.8 Å². The first-order valence-corrected chi connectivity index (χ1v) is 6.75. The predicted molar refractivity (Wildman–Crippen MR) is 68.9 cm³/mol. The number of hydrogen-bond acceptors (Lipinski definition) is 4. The number of amides is 2. The lowest BCUT2D eigenvalue weighted by molar-refractivity contribution is -0.0573. The molecule has 2 aliphatic rings. The molecular weight excluding hydrogens is 248 g/mol. The van der Waals surface area contributed by atoms with Crippen LogP contribution in [-0.4, -0.2) is 47.9 Å². The summed E-state index contributed by atoms with van der Waals surface area (Å²) in [6.45, 7) is 7.34. The Morgan fingerprint density at radius 1 is 1.32 bits per heavy atom. The van der Waals surface area contributed by atoms with Crippen LogP contribution in [0, 0.1) is 0 Å². The highest BCUT2D eigenvalue weighted by atomic mass is 16.6. The number of carbonyl (C=O) groups excluding carboxylic acids is 2. The van der Waals surface area contributed by atoms with Crippen LogP contribution in [0.25, 0.3) is 0 Å². The van der Waals surface area contributed by atoms with Gasteiger partial charge >= 0.3 is 12.2 Å². The Labute approximate surface area is 113 Å². The fourth-order valence-electron chi connectivity index (χ4n) is 2.45. The zero-order valence-electron chi connectivity index (χ0n) is 11.8. The first-order chi connectivity index (χ1) is 8.80. The summed E-state index contributed by atoms with van der Waals surface area (Å²) in [4.78, 5) is 24.9. The maximum absolute atomic E-state index is 11.9. The van der Waals surface area contributed by atoms with Crippen molar-refractivity contribution in [3.05, 3.63) is 0 Å². The van der Waals surface area contributed by atoms with Gasteiger partial charge < -0.3 is 19.7 Å². The van der Waals surface area contributed by atoms with E-state index in [0.29, 0.717) is 32.5 Å². The Morgan fingerprint density at radius 2 is 1.95 bits per heavy atom. The van der Waals surface area contributed by atoms with Gasteiger partial charge in [0.15, 0.2) is 0 Å². The van der Waals surface area contributed by atoms with Crippen LogP contribution in [0.2, 0.25) is 0 Å². The lowest BCUT2D eigenvalue weighted by atomic mass is 9.87. The SMILES string of the molecule is CC(C)(C)OC(=O)N1CCC2(CCNC(=O)O2)CC1. The maximum Gasteiger partial charge on any atom is 0.410 e. The summed E-state index contributed by atoms with van der Waals surface area (Å²) >= 11 is 0. The Hall–Kier alpha value is -1.46. The van der Waals surface area contributed by atoms with Crippen molar-refractivity contribution in [1.82, 2.24) is 10.2 Å². The summed E-state index contributed by atoms with van der Waals surface area (Å²) in [5.41, 5.74) is -0.867. The minimum Gasteiger partial charge on any atom is -0.444 e. The highest BCUT2D eigenvalue weighted by molar-refractivity contribution is 5.69. The third kappa shape index (κ3) is 3.52. The van der Waals surface area contributed by atoms with E-state index in [1.165, 1.54) is 0 Å². The molecule has 0 radical (unpaired) electrons. The van der Waals surface area contributed by atoms with Gasteiger partial charge in [0.1, 0.15) is 11.2 Å². The summed E-state index contributed by atoms with van der Waals surface area (Å²) in [6, 6.07) is 0. The molecule has 0 unspecified atom stereocenters. The molecule has 0 aromatic carbocycles. The van der Waals surface area contributed by atoms with Crippen LogP contribution in [0.5, 0.6) is 0 Å². The van der Waals surface area contributed by atoms with E-state index in [2.05, 4.69) is 5.32 Å². The van der Waals surface area contributed by atoms with Gasteiger partial charge in [-0.3, -0.25) is 0 Å². The van der Waals surface area contributed by atoms with E-state index in [0.717, 1.165) is 6.42 Å². The first kappa shape index (κ1) is 14.0. The van der Waals surface area contributed by atoms with Crippen molar-refractivity contribution >= 4 is 12.2 Å². The van der Waals surface area contributed by atoms with Crippen molar-refractivity contribution in [2.45, 2.75) is 51.2 Å². The molecule has 0 atom stereocenters. The number of carbonyl (C=O) groups is 2. The fourth-order valence-corrected chi connectivity index (χ4v) is 2.45. The molecule has 0 bridgehead atoms. The monoisotopic (exact) mass is 270 g/mol. The molecule has 6 heteroatoms. The maximum atomic E-state index is 11.9. The highest BCUT2D eigenvalue weighted by Gasteiger charge is 2.41. The van der Waals surface area contributed by atoms with Gasteiger partial charge in [0, 0.05) is 38.9 Å². The molecule has 2 saturated heterocycles. The number of piperidine rings is 1. The summed E-state index contributed by atoms with van der Waals surface area (Å²) in [6.07, 6.45) is 1.53. The molecule has 1 spiro atoms. The van der Waals surface area contributed by atoms with Gasteiger partial charge in [-0.25, -0.2) is 9.59 Å². The molecule has 2 amide bonds. The van der Waals surface area contributed by atoms with E-state index < -0.39 is 5.60 Å². The molecule has 1 N–H and O–H groups in total. The van der Waals surface area contributed by atoms with Crippen LogP contribution >= 0.6 is 0 Å². The second kappa shape index (κ2) is 4.90. The second-order valence-corrected chi connectivity index (χ2v) is 6.22. The van der Waals surface area contributed by atoms with Gasteiger partial charge in [-0.15, -0.1) is 0 Å². The van der Waals surface area contributed by atoms with Crippen molar-refractivity contribution in [3.63, 3.8) is 0 Å². The molecular formula is C13H22N2O4. The van der Waals surface area contributed by atoms with Crippen LogP contribution in [0.15, 0.2) is 0 Å². The third-order valence-corrected chi connectivity index (χ3v) is 3.49. The second-order valence-electron chi connectivity index (χ2n) is 6.22.